The van der Waals surface area contributed by atoms with E-state index < -0.39 is 34.8 Å². The molecule has 1 unspecified atom stereocenters. The number of alkyl halides is 1. The van der Waals surface area contributed by atoms with Crippen molar-refractivity contribution in [1.82, 2.24) is 0 Å². The summed E-state index contributed by atoms with van der Waals surface area (Å²) in [6, 6.07) is 15.7. The summed E-state index contributed by atoms with van der Waals surface area (Å²) in [6.07, 6.45) is 1.17. The number of hydrogen-bond acceptors (Lipinski definition) is 3. The van der Waals surface area contributed by atoms with Crippen LogP contribution >= 0.6 is 0 Å². The van der Waals surface area contributed by atoms with Crippen molar-refractivity contribution in [2.45, 2.75) is 43.4 Å². The van der Waals surface area contributed by atoms with Gasteiger partial charge in [0.2, 0.25) is 0 Å². The quantitative estimate of drug-likeness (QED) is 0.471. The molecule has 0 bridgehead atoms. The zero-order valence-corrected chi connectivity index (χ0v) is 16.7. The highest BCUT2D eigenvalue weighted by atomic mass is 32.2. The second-order valence-electron chi connectivity index (χ2n) is 6.63. The SMILES string of the molecule is CC(C)=CC[C@H]([C@H](CF)OC(=O)c1ccccc1)S(=O)c1ccc(C)cc1. The Morgan fingerprint density at radius 3 is 2.30 bits per heavy atom. The highest BCUT2D eigenvalue weighted by Crippen LogP contribution is 2.22. The molecule has 3 nitrogen and oxygen atoms in total. The van der Waals surface area contributed by atoms with Gasteiger partial charge in [-0.05, 0) is 51.5 Å². The van der Waals surface area contributed by atoms with Crippen molar-refractivity contribution in [1.29, 1.82) is 0 Å². The summed E-state index contributed by atoms with van der Waals surface area (Å²) in [5, 5.41) is -0.666. The predicted molar refractivity (Wildman–Crippen MR) is 107 cm³/mol. The van der Waals surface area contributed by atoms with Crippen LogP contribution in [0, 0.1) is 6.92 Å². The smallest absolute Gasteiger partial charge is 0.338 e. The lowest BCUT2D eigenvalue weighted by Crippen LogP contribution is -2.36. The van der Waals surface area contributed by atoms with Gasteiger partial charge in [-0.1, -0.05) is 47.5 Å². The average molecular weight is 389 g/mol. The summed E-state index contributed by atoms with van der Waals surface area (Å²) >= 11 is 0. The van der Waals surface area contributed by atoms with Gasteiger partial charge in [0.05, 0.1) is 21.6 Å². The Hall–Kier alpha value is -2.27. The van der Waals surface area contributed by atoms with Gasteiger partial charge in [-0.15, -0.1) is 0 Å². The Bertz CT molecular complexity index is 796. The van der Waals surface area contributed by atoms with Crippen molar-refractivity contribution in [2.24, 2.45) is 0 Å². The molecule has 0 saturated heterocycles. The van der Waals surface area contributed by atoms with Gasteiger partial charge in [0.15, 0.2) is 0 Å². The normalized spacial score (nSPS) is 14.1. The van der Waals surface area contributed by atoms with Crippen LogP contribution in [0.25, 0.3) is 0 Å². The highest BCUT2D eigenvalue weighted by Gasteiger charge is 2.31. The molecular formula is C22H25FO3S. The number of hydrogen-bond donors (Lipinski definition) is 0. The molecule has 0 aliphatic heterocycles. The van der Waals surface area contributed by atoms with Gasteiger partial charge in [-0.2, -0.15) is 0 Å². The van der Waals surface area contributed by atoms with Crippen molar-refractivity contribution in [3.8, 4) is 0 Å². The first kappa shape index (κ1) is 21.0. The summed E-state index contributed by atoms with van der Waals surface area (Å²) in [5.74, 6) is -0.610. The molecule has 144 valence electrons. The Kier molecular flexibility index (Phi) is 7.92. The lowest BCUT2D eigenvalue weighted by Gasteiger charge is -2.24. The fraction of sp³-hybridized carbons (Fsp3) is 0.318. The summed E-state index contributed by atoms with van der Waals surface area (Å²) < 4.78 is 32.3. The minimum Gasteiger partial charge on any atom is -0.455 e. The van der Waals surface area contributed by atoms with E-state index in [1.165, 1.54) is 0 Å². The van der Waals surface area contributed by atoms with Crippen molar-refractivity contribution in [2.75, 3.05) is 6.67 Å². The third-order valence-electron chi connectivity index (χ3n) is 4.12. The molecule has 0 amide bonds. The summed E-state index contributed by atoms with van der Waals surface area (Å²) in [7, 11) is -1.51. The third-order valence-corrected chi connectivity index (χ3v) is 5.90. The number of carbonyl (C=O) groups excluding carboxylic acids is 1. The number of esters is 1. The van der Waals surface area contributed by atoms with Crippen LogP contribution in [0.15, 0.2) is 71.1 Å². The number of allylic oxidation sites excluding steroid dienone is 2. The van der Waals surface area contributed by atoms with Crippen molar-refractivity contribution < 1.29 is 18.1 Å². The zero-order valence-electron chi connectivity index (χ0n) is 15.9. The molecule has 0 radical (unpaired) electrons. The molecule has 0 spiro atoms. The lowest BCUT2D eigenvalue weighted by atomic mass is 10.1. The number of benzene rings is 2. The Morgan fingerprint density at radius 2 is 1.74 bits per heavy atom. The fourth-order valence-corrected chi connectivity index (χ4v) is 3.99. The molecule has 0 fully saturated rings. The van der Waals surface area contributed by atoms with Crippen LogP contribution in [0.2, 0.25) is 0 Å². The Morgan fingerprint density at radius 1 is 1.11 bits per heavy atom. The van der Waals surface area contributed by atoms with Gasteiger partial charge >= 0.3 is 5.97 Å². The maximum absolute atomic E-state index is 13.8. The first-order valence-electron chi connectivity index (χ1n) is 8.85. The first-order chi connectivity index (χ1) is 12.9. The number of rotatable bonds is 8. The largest absolute Gasteiger partial charge is 0.455 e. The van der Waals surface area contributed by atoms with Crippen LogP contribution < -0.4 is 0 Å². The van der Waals surface area contributed by atoms with E-state index in [1.807, 2.05) is 39.0 Å². The number of halogens is 1. The lowest BCUT2D eigenvalue weighted by molar-refractivity contribution is 0.0233. The van der Waals surface area contributed by atoms with Crippen LogP contribution in [0.5, 0.6) is 0 Å². The van der Waals surface area contributed by atoms with Gasteiger partial charge in [0.1, 0.15) is 12.8 Å². The molecule has 0 aliphatic rings. The molecule has 0 saturated carbocycles. The van der Waals surface area contributed by atoms with E-state index in [0.717, 1.165) is 11.1 Å². The average Bonchev–Trinajstić information content (AvgIpc) is 2.67. The molecule has 27 heavy (non-hydrogen) atoms. The first-order valence-corrected chi connectivity index (χ1v) is 10.1. The molecular weight excluding hydrogens is 363 g/mol. The Labute approximate surface area is 162 Å². The van der Waals surface area contributed by atoms with Gasteiger partial charge in [0.25, 0.3) is 0 Å². The van der Waals surface area contributed by atoms with Crippen LogP contribution in [0.1, 0.15) is 36.2 Å². The van der Waals surface area contributed by atoms with E-state index in [4.69, 9.17) is 4.74 Å². The number of aryl methyl sites for hydroxylation is 1. The van der Waals surface area contributed by atoms with Crippen LogP contribution in [-0.4, -0.2) is 28.2 Å². The molecule has 2 aromatic carbocycles. The molecule has 0 aliphatic carbocycles. The third kappa shape index (κ3) is 6.14. The number of carbonyl (C=O) groups is 1. The van der Waals surface area contributed by atoms with Gasteiger partial charge in [-0.25, -0.2) is 9.18 Å². The van der Waals surface area contributed by atoms with E-state index in [-0.39, 0.29) is 0 Å². The molecule has 0 N–H and O–H groups in total. The second kappa shape index (κ2) is 10.2. The van der Waals surface area contributed by atoms with Gasteiger partial charge < -0.3 is 4.74 Å². The van der Waals surface area contributed by atoms with Gasteiger partial charge in [-0.3, -0.25) is 4.21 Å². The summed E-state index contributed by atoms with van der Waals surface area (Å²) in [5.41, 5.74) is 2.43. The van der Waals surface area contributed by atoms with Crippen molar-refractivity contribution >= 4 is 16.8 Å². The topological polar surface area (TPSA) is 43.4 Å². The fourth-order valence-electron chi connectivity index (χ4n) is 2.56. The van der Waals surface area contributed by atoms with Crippen LogP contribution in [0.4, 0.5) is 4.39 Å². The van der Waals surface area contributed by atoms with Crippen molar-refractivity contribution in [3.05, 3.63) is 77.4 Å². The molecule has 2 aromatic rings. The standard InChI is InChI=1S/C22H25FO3S/c1-16(2)9-14-21(27(25)19-12-10-17(3)11-13-19)20(15-23)26-22(24)18-7-5-4-6-8-18/h4-13,20-21H,14-15H2,1-3H3/t20-,21+,27?/m0/s1. The predicted octanol–water partition coefficient (Wildman–Crippen LogP) is 5.02. The molecule has 5 heteroatoms. The monoisotopic (exact) mass is 388 g/mol. The van der Waals surface area contributed by atoms with E-state index in [9.17, 15) is 13.4 Å². The van der Waals surface area contributed by atoms with E-state index >= 15 is 0 Å². The molecule has 0 aromatic heterocycles. The second-order valence-corrected chi connectivity index (χ2v) is 8.30. The van der Waals surface area contributed by atoms with E-state index in [0.29, 0.717) is 16.9 Å². The maximum Gasteiger partial charge on any atom is 0.338 e. The van der Waals surface area contributed by atoms with Crippen molar-refractivity contribution in [3.63, 3.8) is 0 Å². The van der Waals surface area contributed by atoms with E-state index in [2.05, 4.69) is 0 Å². The minimum absolute atomic E-state index is 0.345. The summed E-state index contributed by atoms with van der Waals surface area (Å²) in [4.78, 5) is 13.0. The highest BCUT2D eigenvalue weighted by molar-refractivity contribution is 7.85. The van der Waals surface area contributed by atoms with Gasteiger partial charge in [0, 0.05) is 4.90 Å². The maximum atomic E-state index is 13.8. The Balaban J connectivity index is 2.26. The molecule has 3 atom stereocenters. The minimum atomic E-state index is -1.51. The van der Waals surface area contributed by atoms with Crippen LogP contribution in [0.3, 0.4) is 0 Å². The zero-order chi connectivity index (χ0) is 19.8. The molecule has 2 rings (SSSR count). The summed E-state index contributed by atoms with van der Waals surface area (Å²) in [6.45, 7) is 4.90. The molecule has 0 heterocycles. The number of ether oxygens (including phenoxy) is 1. The van der Waals surface area contributed by atoms with Crippen LogP contribution in [-0.2, 0) is 15.5 Å². The van der Waals surface area contributed by atoms with E-state index in [1.54, 1.807) is 42.5 Å².